The van der Waals surface area contributed by atoms with Crippen LogP contribution in [0.3, 0.4) is 0 Å². The first-order valence-corrected chi connectivity index (χ1v) is 8.04. The number of rotatable bonds is 3. The van der Waals surface area contributed by atoms with E-state index in [1.54, 1.807) is 6.07 Å². The Kier molecular flexibility index (Phi) is 4.94. The maximum absolute atomic E-state index is 12.7. The highest BCUT2D eigenvalue weighted by atomic mass is 79.9. The van der Waals surface area contributed by atoms with Crippen molar-refractivity contribution in [2.45, 2.75) is 18.6 Å². The first-order chi connectivity index (χ1) is 9.27. The van der Waals surface area contributed by atoms with Gasteiger partial charge >= 0.3 is 6.18 Å². The maximum atomic E-state index is 12.7. The van der Waals surface area contributed by atoms with E-state index in [1.807, 2.05) is 6.07 Å². The minimum Gasteiger partial charge on any atom is -0.324 e. The summed E-state index contributed by atoms with van der Waals surface area (Å²) in [6.45, 7) is 0. The summed E-state index contributed by atoms with van der Waals surface area (Å²) in [6, 6.07) is 6.80. The lowest BCUT2D eigenvalue weighted by molar-refractivity contribution is -0.137. The van der Waals surface area contributed by atoms with Gasteiger partial charge in [0.05, 0.1) is 13.1 Å². The molecule has 1 nitrogen and oxygen atoms in total. The van der Waals surface area contributed by atoms with Crippen molar-refractivity contribution >= 4 is 43.2 Å². The molecule has 2 rings (SSSR count). The van der Waals surface area contributed by atoms with Crippen LogP contribution in [0.2, 0.25) is 0 Å². The Morgan fingerprint density at radius 1 is 1.20 bits per heavy atom. The fraction of sp³-hybridized carbons (Fsp3) is 0.231. The molecule has 0 radical (unpaired) electrons. The van der Waals surface area contributed by atoms with E-state index in [0.717, 1.165) is 25.3 Å². The second-order valence-corrected chi connectivity index (χ2v) is 8.04. The van der Waals surface area contributed by atoms with Crippen LogP contribution in [0.15, 0.2) is 37.9 Å². The molecule has 20 heavy (non-hydrogen) atoms. The van der Waals surface area contributed by atoms with Gasteiger partial charge in [-0.2, -0.15) is 13.2 Å². The summed E-state index contributed by atoms with van der Waals surface area (Å²) in [5.41, 5.74) is 6.89. The third kappa shape index (κ3) is 3.84. The van der Waals surface area contributed by atoms with E-state index in [0.29, 0.717) is 12.0 Å². The van der Waals surface area contributed by atoms with Crippen LogP contribution < -0.4 is 5.73 Å². The summed E-state index contributed by atoms with van der Waals surface area (Å²) >= 11 is 8.25. The van der Waals surface area contributed by atoms with E-state index < -0.39 is 11.7 Å². The molecule has 108 valence electrons. The van der Waals surface area contributed by atoms with Gasteiger partial charge in [0.2, 0.25) is 0 Å². The van der Waals surface area contributed by atoms with E-state index in [1.165, 1.54) is 17.4 Å². The molecule has 2 aromatic rings. The van der Waals surface area contributed by atoms with Crippen LogP contribution in [-0.2, 0) is 12.6 Å². The lowest BCUT2D eigenvalue weighted by Gasteiger charge is -2.13. The lowest BCUT2D eigenvalue weighted by Crippen LogP contribution is -2.14. The van der Waals surface area contributed by atoms with Crippen LogP contribution in [0.5, 0.6) is 0 Å². The minimum absolute atomic E-state index is 0.351. The molecule has 0 saturated heterocycles. The number of nitrogens with two attached hydrogens (primary N) is 1. The van der Waals surface area contributed by atoms with Crippen molar-refractivity contribution in [3.63, 3.8) is 0 Å². The van der Waals surface area contributed by atoms with Crippen LogP contribution in [0.4, 0.5) is 13.2 Å². The molecule has 0 amide bonds. The van der Waals surface area contributed by atoms with Gasteiger partial charge in [0.15, 0.2) is 0 Å². The Labute approximate surface area is 135 Å². The van der Waals surface area contributed by atoms with E-state index in [2.05, 4.69) is 31.9 Å². The highest BCUT2D eigenvalue weighted by Crippen LogP contribution is 2.36. The smallest absolute Gasteiger partial charge is 0.324 e. The predicted octanol–water partition coefficient (Wildman–Crippen LogP) is 5.53. The van der Waals surface area contributed by atoms with Crippen molar-refractivity contribution in [1.82, 2.24) is 0 Å². The zero-order valence-corrected chi connectivity index (χ0v) is 14.0. The molecular weight excluding hydrogens is 419 g/mol. The number of benzene rings is 1. The summed E-state index contributed by atoms with van der Waals surface area (Å²) in [5, 5.41) is 0. The second kappa shape index (κ2) is 6.17. The topological polar surface area (TPSA) is 26.0 Å². The Morgan fingerprint density at radius 3 is 2.45 bits per heavy atom. The molecule has 1 unspecified atom stereocenters. The SMILES string of the molecule is NC(Cc1cccc(C(F)(F)F)c1)c1cc(Br)sc1Br. The standard InChI is InChI=1S/C13H10Br2F3NS/c14-11-6-9(12(15)20-11)10(19)5-7-2-1-3-8(4-7)13(16,17)18/h1-4,6,10H,5,19H2. The van der Waals surface area contributed by atoms with E-state index in [4.69, 9.17) is 5.73 Å². The first kappa shape index (κ1) is 16.0. The fourth-order valence-electron chi connectivity index (χ4n) is 1.84. The second-order valence-electron chi connectivity index (χ2n) is 4.29. The van der Waals surface area contributed by atoms with Crippen molar-refractivity contribution in [2.24, 2.45) is 5.73 Å². The molecule has 0 spiro atoms. The molecular formula is C13H10Br2F3NS. The summed E-state index contributed by atoms with van der Waals surface area (Å²) in [7, 11) is 0. The average Bonchev–Trinajstić information content (AvgIpc) is 2.68. The third-order valence-corrected chi connectivity index (χ3v) is 5.18. The van der Waals surface area contributed by atoms with Gasteiger partial charge in [-0.25, -0.2) is 0 Å². The molecule has 2 N–H and O–H groups in total. The van der Waals surface area contributed by atoms with Gasteiger partial charge in [0.25, 0.3) is 0 Å². The van der Waals surface area contributed by atoms with E-state index in [-0.39, 0.29) is 6.04 Å². The summed E-state index contributed by atoms with van der Waals surface area (Å²) in [6.07, 6.45) is -3.97. The highest BCUT2D eigenvalue weighted by Gasteiger charge is 2.30. The van der Waals surface area contributed by atoms with Crippen LogP contribution in [0.25, 0.3) is 0 Å². The van der Waals surface area contributed by atoms with Gasteiger partial charge in [-0.3, -0.25) is 0 Å². The van der Waals surface area contributed by atoms with Crippen molar-refractivity contribution in [2.75, 3.05) is 0 Å². The molecule has 1 atom stereocenters. The molecule has 0 saturated carbocycles. The summed E-state index contributed by atoms with van der Waals surface area (Å²) in [5.74, 6) is 0. The summed E-state index contributed by atoms with van der Waals surface area (Å²) in [4.78, 5) is 0. The van der Waals surface area contributed by atoms with Crippen molar-refractivity contribution in [1.29, 1.82) is 0 Å². The molecule has 0 fully saturated rings. The Morgan fingerprint density at radius 2 is 1.90 bits per heavy atom. The van der Waals surface area contributed by atoms with Crippen molar-refractivity contribution in [3.8, 4) is 0 Å². The Bertz CT molecular complexity index is 610. The van der Waals surface area contributed by atoms with Crippen molar-refractivity contribution < 1.29 is 13.2 Å². The Hall–Kier alpha value is -0.370. The van der Waals surface area contributed by atoms with E-state index in [9.17, 15) is 13.2 Å². The maximum Gasteiger partial charge on any atom is 0.416 e. The van der Waals surface area contributed by atoms with Gasteiger partial charge in [-0.15, -0.1) is 11.3 Å². The predicted molar refractivity (Wildman–Crippen MR) is 81.8 cm³/mol. The fourth-order valence-corrected chi connectivity index (χ4v) is 4.85. The number of hydrogen-bond donors (Lipinski definition) is 1. The molecule has 0 aliphatic heterocycles. The average molecular weight is 429 g/mol. The molecule has 0 bridgehead atoms. The van der Waals surface area contributed by atoms with Crippen LogP contribution in [-0.4, -0.2) is 0 Å². The largest absolute Gasteiger partial charge is 0.416 e. The first-order valence-electron chi connectivity index (χ1n) is 5.64. The van der Waals surface area contributed by atoms with Crippen LogP contribution in [0, 0.1) is 0 Å². The summed E-state index contributed by atoms with van der Waals surface area (Å²) < 4.78 is 39.8. The molecule has 1 heterocycles. The Balaban J connectivity index is 2.20. The molecule has 7 heteroatoms. The zero-order chi connectivity index (χ0) is 14.9. The number of alkyl halides is 3. The van der Waals surface area contributed by atoms with Gasteiger partial charge < -0.3 is 5.73 Å². The molecule has 0 aliphatic carbocycles. The van der Waals surface area contributed by atoms with Gasteiger partial charge in [-0.1, -0.05) is 18.2 Å². The monoisotopic (exact) mass is 427 g/mol. The minimum atomic E-state index is -4.33. The van der Waals surface area contributed by atoms with Gasteiger partial charge in [0.1, 0.15) is 0 Å². The van der Waals surface area contributed by atoms with Crippen LogP contribution >= 0.6 is 43.2 Å². The number of halogens is 5. The lowest BCUT2D eigenvalue weighted by atomic mass is 10.0. The number of thiophene rings is 1. The molecule has 1 aromatic carbocycles. The highest BCUT2D eigenvalue weighted by molar-refractivity contribution is 9.12. The molecule has 1 aromatic heterocycles. The molecule has 0 aliphatic rings. The number of hydrogen-bond acceptors (Lipinski definition) is 2. The van der Waals surface area contributed by atoms with Gasteiger partial charge in [0, 0.05) is 6.04 Å². The third-order valence-electron chi connectivity index (χ3n) is 2.79. The normalized spacial score (nSPS) is 13.5. The quantitative estimate of drug-likeness (QED) is 0.682. The van der Waals surface area contributed by atoms with Gasteiger partial charge in [-0.05, 0) is 61.5 Å². The van der Waals surface area contributed by atoms with Crippen LogP contribution in [0.1, 0.15) is 22.7 Å². The zero-order valence-electron chi connectivity index (χ0n) is 10.0. The van der Waals surface area contributed by atoms with Crippen molar-refractivity contribution in [3.05, 3.63) is 54.6 Å². The van der Waals surface area contributed by atoms with E-state index >= 15 is 0 Å².